The van der Waals surface area contributed by atoms with Gasteiger partial charge in [0.25, 0.3) is 5.22 Å². The molecule has 0 fully saturated rings. The Kier molecular flexibility index (Phi) is 3.70. The van der Waals surface area contributed by atoms with E-state index in [-0.39, 0.29) is 5.84 Å². The summed E-state index contributed by atoms with van der Waals surface area (Å²) < 4.78 is 6.03. The van der Waals surface area contributed by atoms with Crippen LogP contribution in [0, 0.1) is 0 Å². The van der Waals surface area contributed by atoms with Gasteiger partial charge in [0.2, 0.25) is 0 Å². The minimum absolute atomic E-state index is 0.0477. The van der Waals surface area contributed by atoms with Gasteiger partial charge in [-0.05, 0) is 30.0 Å². The third-order valence-electron chi connectivity index (χ3n) is 1.93. The van der Waals surface area contributed by atoms with E-state index in [0.29, 0.717) is 10.8 Å². The van der Waals surface area contributed by atoms with E-state index < -0.39 is 0 Å². The molecule has 0 radical (unpaired) electrons. The van der Waals surface area contributed by atoms with Crippen molar-refractivity contribution in [3.05, 3.63) is 40.7 Å². The van der Waals surface area contributed by atoms with Gasteiger partial charge >= 0.3 is 0 Å². The molecule has 5 nitrogen and oxygen atoms in total. The SMILES string of the molecule is N/C(=N/O)c1ccc(Br)cc1Sc1ncco1. The van der Waals surface area contributed by atoms with Crippen LogP contribution in [0.4, 0.5) is 0 Å². The number of amidine groups is 1. The number of hydrogen-bond acceptors (Lipinski definition) is 5. The van der Waals surface area contributed by atoms with Crippen LogP contribution >= 0.6 is 27.7 Å². The van der Waals surface area contributed by atoms with Gasteiger partial charge in [0.1, 0.15) is 6.26 Å². The van der Waals surface area contributed by atoms with E-state index >= 15 is 0 Å². The minimum Gasteiger partial charge on any atom is -0.440 e. The van der Waals surface area contributed by atoms with Crippen LogP contribution in [-0.4, -0.2) is 16.0 Å². The fourth-order valence-corrected chi connectivity index (χ4v) is 2.59. The van der Waals surface area contributed by atoms with Gasteiger partial charge in [-0.3, -0.25) is 0 Å². The van der Waals surface area contributed by atoms with Crippen molar-refractivity contribution in [1.29, 1.82) is 0 Å². The first-order chi connectivity index (χ1) is 8.20. The first kappa shape index (κ1) is 12.0. The summed E-state index contributed by atoms with van der Waals surface area (Å²) in [7, 11) is 0. The van der Waals surface area contributed by atoms with Crippen LogP contribution in [0.15, 0.2) is 54.8 Å². The number of aromatic nitrogens is 1. The van der Waals surface area contributed by atoms with Gasteiger partial charge in [0, 0.05) is 14.9 Å². The molecule has 0 spiro atoms. The predicted molar refractivity (Wildman–Crippen MR) is 67.3 cm³/mol. The molecule has 1 aromatic heterocycles. The number of nitrogens with two attached hydrogens (primary N) is 1. The number of rotatable bonds is 3. The maximum atomic E-state index is 8.71. The van der Waals surface area contributed by atoms with Crippen LogP contribution in [0.3, 0.4) is 0 Å². The van der Waals surface area contributed by atoms with Crippen molar-refractivity contribution in [2.24, 2.45) is 10.9 Å². The average molecular weight is 314 g/mol. The molecule has 2 rings (SSSR count). The number of hydrogen-bond donors (Lipinski definition) is 2. The second-order valence-corrected chi connectivity index (χ2v) is 4.93. The number of nitrogens with zero attached hydrogens (tertiary/aromatic N) is 2. The van der Waals surface area contributed by atoms with Gasteiger partial charge in [-0.15, -0.1) is 0 Å². The molecule has 0 aliphatic carbocycles. The molecule has 2 aromatic rings. The Balaban J connectivity index is 2.40. The first-order valence-electron chi connectivity index (χ1n) is 4.55. The Bertz CT molecular complexity index is 542. The lowest BCUT2D eigenvalue weighted by Crippen LogP contribution is -2.14. The van der Waals surface area contributed by atoms with Crippen LogP contribution < -0.4 is 5.73 Å². The van der Waals surface area contributed by atoms with Gasteiger partial charge in [0.05, 0.1) is 6.20 Å². The molecular weight excluding hydrogens is 306 g/mol. The van der Waals surface area contributed by atoms with E-state index in [4.69, 9.17) is 15.4 Å². The summed E-state index contributed by atoms with van der Waals surface area (Å²) in [6.45, 7) is 0. The molecule has 0 saturated heterocycles. The third-order valence-corrected chi connectivity index (χ3v) is 3.36. The standard InChI is InChI=1S/C10H8BrN3O2S/c11-6-1-2-7(9(12)14-15)8(5-6)17-10-13-3-4-16-10/h1-5,15H,(H2,12,14). The van der Waals surface area contributed by atoms with E-state index in [9.17, 15) is 0 Å². The fraction of sp³-hybridized carbons (Fsp3) is 0. The van der Waals surface area contributed by atoms with Crippen molar-refractivity contribution in [2.75, 3.05) is 0 Å². The molecule has 1 aromatic carbocycles. The van der Waals surface area contributed by atoms with E-state index in [1.165, 1.54) is 18.0 Å². The average Bonchev–Trinajstić information content (AvgIpc) is 2.81. The highest BCUT2D eigenvalue weighted by Crippen LogP contribution is 2.31. The Morgan fingerprint density at radius 2 is 2.35 bits per heavy atom. The molecule has 7 heteroatoms. The van der Waals surface area contributed by atoms with Crippen LogP contribution in [-0.2, 0) is 0 Å². The molecule has 0 atom stereocenters. The quantitative estimate of drug-likeness (QED) is 0.394. The van der Waals surface area contributed by atoms with Crippen molar-refractivity contribution in [2.45, 2.75) is 10.1 Å². The highest BCUT2D eigenvalue weighted by molar-refractivity contribution is 9.10. The Hall–Kier alpha value is -1.47. The third kappa shape index (κ3) is 2.80. The highest BCUT2D eigenvalue weighted by atomic mass is 79.9. The molecule has 3 N–H and O–H groups in total. The van der Waals surface area contributed by atoms with Crippen molar-refractivity contribution < 1.29 is 9.62 Å². The largest absolute Gasteiger partial charge is 0.440 e. The molecular formula is C10H8BrN3O2S. The van der Waals surface area contributed by atoms with Gasteiger partial charge in [-0.25, -0.2) is 4.98 Å². The number of oxime groups is 1. The van der Waals surface area contributed by atoms with Crippen molar-refractivity contribution in [3.8, 4) is 0 Å². The number of oxazole rings is 1. The van der Waals surface area contributed by atoms with Gasteiger partial charge in [0.15, 0.2) is 5.84 Å². The lowest BCUT2D eigenvalue weighted by Gasteiger charge is -2.06. The summed E-state index contributed by atoms with van der Waals surface area (Å²) in [5.74, 6) is 0.0477. The summed E-state index contributed by atoms with van der Waals surface area (Å²) >= 11 is 4.66. The predicted octanol–water partition coefficient (Wildman–Crippen LogP) is 2.68. The summed E-state index contributed by atoms with van der Waals surface area (Å²) in [5, 5.41) is 12.2. The smallest absolute Gasteiger partial charge is 0.260 e. The number of benzene rings is 1. The molecule has 0 aliphatic heterocycles. The molecule has 0 aliphatic rings. The van der Waals surface area contributed by atoms with Crippen molar-refractivity contribution in [3.63, 3.8) is 0 Å². The van der Waals surface area contributed by atoms with Crippen molar-refractivity contribution in [1.82, 2.24) is 4.98 Å². The Morgan fingerprint density at radius 1 is 1.53 bits per heavy atom. The summed E-state index contributed by atoms with van der Waals surface area (Å²) in [4.78, 5) is 4.79. The monoisotopic (exact) mass is 313 g/mol. The molecule has 0 unspecified atom stereocenters. The van der Waals surface area contributed by atoms with Crippen LogP contribution in [0.2, 0.25) is 0 Å². The molecule has 0 saturated carbocycles. The molecule has 17 heavy (non-hydrogen) atoms. The number of halogens is 1. The molecule has 0 amide bonds. The summed E-state index contributed by atoms with van der Waals surface area (Å²) in [5.41, 5.74) is 6.22. The zero-order valence-electron chi connectivity index (χ0n) is 8.50. The van der Waals surface area contributed by atoms with Gasteiger partial charge in [-0.1, -0.05) is 21.1 Å². The fourth-order valence-electron chi connectivity index (χ4n) is 1.20. The first-order valence-corrected chi connectivity index (χ1v) is 6.16. The Morgan fingerprint density at radius 3 is 3.00 bits per heavy atom. The maximum absolute atomic E-state index is 8.71. The Labute approximate surface area is 110 Å². The van der Waals surface area contributed by atoms with E-state index in [2.05, 4.69) is 26.1 Å². The van der Waals surface area contributed by atoms with E-state index in [1.54, 1.807) is 12.3 Å². The molecule has 0 bridgehead atoms. The van der Waals surface area contributed by atoms with Gasteiger partial charge < -0.3 is 15.4 Å². The summed E-state index contributed by atoms with van der Waals surface area (Å²) in [6.07, 6.45) is 3.05. The second kappa shape index (κ2) is 5.24. The lowest BCUT2D eigenvalue weighted by molar-refractivity contribution is 0.318. The van der Waals surface area contributed by atoms with Crippen LogP contribution in [0.1, 0.15) is 5.56 Å². The van der Waals surface area contributed by atoms with E-state index in [1.807, 2.05) is 12.1 Å². The highest BCUT2D eigenvalue weighted by Gasteiger charge is 2.11. The lowest BCUT2D eigenvalue weighted by atomic mass is 10.2. The van der Waals surface area contributed by atoms with E-state index in [0.717, 1.165) is 9.37 Å². The maximum Gasteiger partial charge on any atom is 0.260 e. The van der Waals surface area contributed by atoms with Crippen LogP contribution in [0.25, 0.3) is 0 Å². The zero-order valence-corrected chi connectivity index (χ0v) is 10.9. The van der Waals surface area contributed by atoms with Crippen LogP contribution in [0.5, 0.6) is 0 Å². The summed E-state index contributed by atoms with van der Waals surface area (Å²) in [6, 6.07) is 5.42. The second-order valence-electron chi connectivity index (χ2n) is 3.03. The molecule has 88 valence electrons. The van der Waals surface area contributed by atoms with Gasteiger partial charge in [-0.2, -0.15) is 0 Å². The topological polar surface area (TPSA) is 84.6 Å². The molecule has 1 heterocycles. The normalized spacial score (nSPS) is 11.7. The minimum atomic E-state index is 0.0477. The zero-order chi connectivity index (χ0) is 12.3. The van der Waals surface area contributed by atoms with Crippen molar-refractivity contribution >= 4 is 33.5 Å².